The van der Waals surface area contributed by atoms with Gasteiger partial charge in [-0.3, -0.25) is 0 Å². The fourth-order valence-electron chi connectivity index (χ4n) is 1.06. The van der Waals surface area contributed by atoms with Gasteiger partial charge in [0.15, 0.2) is 0 Å². The molecule has 0 aromatic carbocycles. The van der Waals surface area contributed by atoms with Crippen molar-refractivity contribution in [2.24, 2.45) is 0 Å². The van der Waals surface area contributed by atoms with Crippen LogP contribution in [0.3, 0.4) is 0 Å². The van der Waals surface area contributed by atoms with E-state index in [2.05, 4.69) is 5.32 Å². The number of unbranched alkanes of at least 4 members (excludes halogenated alkanes) is 1. The second-order valence-corrected chi connectivity index (χ2v) is 5.49. The van der Waals surface area contributed by atoms with E-state index in [0.29, 0.717) is 6.54 Å². The van der Waals surface area contributed by atoms with Gasteiger partial charge in [0.2, 0.25) is 10.0 Å². The molecule has 0 amide bonds. The van der Waals surface area contributed by atoms with Crippen LogP contribution in [0.2, 0.25) is 0 Å². The number of nitrogens with zero attached hydrogens (tertiary/aromatic N) is 1. The second kappa shape index (κ2) is 7.20. The second-order valence-electron chi connectivity index (χ2n) is 3.29. The molecular weight excluding hydrogens is 200 g/mol. The SMILES string of the molecule is CCNCCCCS(=O)(=O)N(C)CC. The van der Waals surface area contributed by atoms with Gasteiger partial charge in [0, 0.05) is 13.6 Å². The third-order valence-corrected chi connectivity index (χ3v) is 4.19. The fraction of sp³-hybridized carbons (Fsp3) is 1.00. The molecule has 0 aliphatic heterocycles. The molecule has 4 nitrogen and oxygen atoms in total. The lowest BCUT2D eigenvalue weighted by Crippen LogP contribution is -2.29. The van der Waals surface area contributed by atoms with Gasteiger partial charge in [-0.1, -0.05) is 13.8 Å². The third kappa shape index (κ3) is 5.57. The lowest BCUT2D eigenvalue weighted by atomic mass is 10.3. The summed E-state index contributed by atoms with van der Waals surface area (Å²) in [5, 5.41) is 3.17. The van der Waals surface area contributed by atoms with Crippen LogP contribution in [0.4, 0.5) is 0 Å². The first kappa shape index (κ1) is 13.9. The highest BCUT2D eigenvalue weighted by atomic mass is 32.2. The first-order valence-electron chi connectivity index (χ1n) is 5.19. The summed E-state index contributed by atoms with van der Waals surface area (Å²) in [7, 11) is -1.37. The number of nitrogens with one attached hydrogen (secondary N) is 1. The average Bonchev–Trinajstić information content (AvgIpc) is 2.16. The van der Waals surface area contributed by atoms with Crippen molar-refractivity contribution in [3.63, 3.8) is 0 Å². The molecule has 0 fully saturated rings. The van der Waals surface area contributed by atoms with Gasteiger partial charge < -0.3 is 5.32 Å². The maximum atomic E-state index is 11.5. The van der Waals surface area contributed by atoms with E-state index >= 15 is 0 Å². The van der Waals surface area contributed by atoms with Crippen molar-refractivity contribution in [2.45, 2.75) is 26.7 Å². The predicted molar refractivity (Wildman–Crippen MR) is 59.9 cm³/mol. The Kier molecular flexibility index (Phi) is 7.13. The van der Waals surface area contributed by atoms with E-state index in [1.165, 1.54) is 4.31 Å². The number of hydrogen-bond donors (Lipinski definition) is 1. The maximum Gasteiger partial charge on any atom is 0.213 e. The molecule has 0 saturated heterocycles. The van der Waals surface area contributed by atoms with Crippen molar-refractivity contribution >= 4 is 10.0 Å². The molecule has 1 N–H and O–H groups in total. The van der Waals surface area contributed by atoms with Crippen LogP contribution < -0.4 is 5.32 Å². The maximum absolute atomic E-state index is 11.5. The van der Waals surface area contributed by atoms with Gasteiger partial charge in [0.05, 0.1) is 5.75 Å². The molecule has 0 atom stereocenters. The summed E-state index contributed by atoms with van der Waals surface area (Å²) >= 11 is 0. The standard InChI is InChI=1S/C9H22N2O2S/c1-4-10-8-6-7-9-14(12,13)11(3)5-2/h10H,4-9H2,1-3H3. The van der Waals surface area contributed by atoms with E-state index in [1.807, 2.05) is 13.8 Å². The highest BCUT2D eigenvalue weighted by Gasteiger charge is 2.14. The lowest BCUT2D eigenvalue weighted by molar-refractivity contribution is 0.483. The zero-order chi connectivity index (χ0) is 11.0. The first-order valence-corrected chi connectivity index (χ1v) is 6.80. The third-order valence-electron chi connectivity index (χ3n) is 2.18. The topological polar surface area (TPSA) is 49.4 Å². The van der Waals surface area contributed by atoms with Crippen LogP contribution in [-0.4, -0.2) is 45.2 Å². The summed E-state index contributed by atoms with van der Waals surface area (Å²) in [4.78, 5) is 0. The van der Waals surface area contributed by atoms with E-state index in [9.17, 15) is 8.42 Å². The van der Waals surface area contributed by atoms with Crippen LogP contribution >= 0.6 is 0 Å². The van der Waals surface area contributed by atoms with Gasteiger partial charge in [0.1, 0.15) is 0 Å². The molecule has 0 radical (unpaired) electrons. The minimum Gasteiger partial charge on any atom is -0.317 e. The average molecular weight is 222 g/mol. The van der Waals surface area contributed by atoms with Crippen molar-refractivity contribution in [3.8, 4) is 0 Å². The first-order chi connectivity index (χ1) is 6.54. The Morgan fingerprint density at radius 3 is 2.36 bits per heavy atom. The van der Waals surface area contributed by atoms with Crippen LogP contribution in [0.25, 0.3) is 0 Å². The molecule has 0 spiro atoms. The van der Waals surface area contributed by atoms with Crippen molar-refractivity contribution in [1.29, 1.82) is 0 Å². The normalized spacial score (nSPS) is 12.3. The molecule has 0 unspecified atom stereocenters. The fourth-order valence-corrected chi connectivity index (χ4v) is 2.34. The molecule has 0 aliphatic carbocycles. The van der Waals surface area contributed by atoms with E-state index in [-0.39, 0.29) is 5.75 Å². The molecule has 0 aromatic rings. The van der Waals surface area contributed by atoms with Crippen molar-refractivity contribution in [1.82, 2.24) is 9.62 Å². The van der Waals surface area contributed by atoms with Crippen molar-refractivity contribution < 1.29 is 8.42 Å². The van der Waals surface area contributed by atoms with E-state index < -0.39 is 10.0 Å². The molecule has 5 heteroatoms. The van der Waals surface area contributed by atoms with Gasteiger partial charge in [-0.15, -0.1) is 0 Å². The predicted octanol–water partition coefficient (Wildman–Crippen LogP) is 0.658. The Bertz CT molecular complexity index is 227. The summed E-state index contributed by atoms with van der Waals surface area (Å²) in [6.45, 7) is 6.29. The summed E-state index contributed by atoms with van der Waals surface area (Å²) in [5.41, 5.74) is 0. The molecule has 0 saturated carbocycles. The summed E-state index contributed by atoms with van der Waals surface area (Å²) in [6.07, 6.45) is 1.66. The van der Waals surface area contributed by atoms with Gasteiger partial charge in [0.25, 0.3) is 0 Å². The lowest BCUT2D eigenvalue weighted by Gasteiger charge is -2.14. The molecule has 0 heterocycles. The van der Waals surface area contributed by atoms with E-state index in [1.54, 1.807) is 7.05 Å². The molecule has 0 rings (SSSR count). The van der Waals surface area contributed by atoms with Crippen LogP contribution in [0, 0.1) is 0 Å². The van der Waals surface area contributed by atoms with Gasteiger partial charge in [-0.25, -0.2) is 12.7 Å². The number of rotatable bonds is 8. The van der Waals surface area contributed by atoms with Crippen LogP contribution in [0.5, 0.6) is 0 Å². The van der Waals surface area contributed by atoms with Crippen molar-refractivity contribution in [2.75, 3.05) is 32.4 Å². The Labute approximate surface area is 87.7 Å². The largest absolute Gasteiger partial charge is 0.317 e. The molecule has 0 aromatic heterocycles. The van der Waals surface area contributed by atoms with Crippen LogP contribution in [0.1, 0.15) is 26.7 Å². The highest BCUT2D eigenvalue weighted by Crippen LogP contribution is 2.01. The molecule has 14 heavy (non-hydrogen) atoms. The number of sulfonamides is 1. The van der Waals surface area contributed by atoms with Gasteiger partial charge in [-0.05, 0) is 25.9 Å². The molecule has 0 aliphatic rings. The zero-order valence-electron chi connectivity index (χ0n) is 9.41. The quantitative estimate of drug-likeness (QED) is 0.614. The Balaban J connectivity index is 3.67. The Morgan fingerprint density at radius 2 is 1.86 bits per heavy atom. The van der Waals surface area contributed by atoms with Crippen LogP contribution in [-0.2, 0) is 10.0 Å². The number of hydrogen-bond acceptors (Lipinski definition) is 3. The minimum atomic E-state index is -2.99. The van der Waals surface area contributed by atoms with Crippen molar-refractivity contribution in [3.05, 3.63) is 0 Å². The van der Waals surface area contributed by atoms with Gasteiger partial charge >= 0.3 is 0 Å². The minimum absolute atomic E-state index is 0.267. The molecule has 86 valence electrons. The summed E-state index contributed by atoms with van der Waals surface area (Å²) < 4.78 is 24.4. The summed E-state index contributed by atoms with van der Waals surface area (Å²) in [5.74, 6) is 0.267. The van der Waals surface area contributed by atoms with E-state index in [0.717, 1.165) is 25.9 Å². The monoisotopic (exact) mass is 222 g/mol. The van der Waals surface area contributed by atoms with Crippen LogP contribution in [0.15, 0.2) is 0 Å². The van der Waals surface area contributed by atoms with Gasteiger partial charge in [-0.2, -0.15) is 0 Å². The molecule has 0 bridgehead atoms. The highest BCUT2D eigenvalue weighted by molar-refractivity contribution is 7.89. The van der Waals surface area contributed by atoms with E-state index in [4.69, 9.17) is 0 Å². The molecular formula is C9H22N2O2S. The Morgan fingerprint density at radius 1 is 1.21 bits per heavy atom. The zero-order valence-corrected chi connectivity index (χ0v) is 10.2. The Hall–Kier alpha value is -0.130. The smallest absolute Gasteiger partial charge is 0.213 e. The summed E-state index contributed by atoms with van der Waals surface area (Å²) in [6, 6.07) is 0.